The van der Waals surface area contributed by atoms with E-state index >= 15 is 0 Å². The zero-order valence-electron chi connectivity index (χ0n) is 20.4. The Labute approximate surface area is 217 Å². The summed E-state index contributed by atoms with van der Waals surface area (Å²) in [7, 11) is 1.70. The van der Waals surface area contributed by atoms with Crippen molar-refractivity contribution < 1.29 is 23.8 Å². The minimum atomic E-state index is -0.779. The summed E-state index contributed by atoms with van der Waals surface area (Å²) in [5.41, 5.74) is 8.22. The number of halogens is 1. The van der Waals surface area contributed by atoms with Crippen LogP contribution in [-0.4, -0.2) is 86.7 Å². The Morgan fingerprint density at radius 1 is 1.08 bits per heavy atom. The molecule has 0 unspecified atom stereocenters. The monoisotopic (exact) mass is 516 g/mol. The van der Waals surface area contributed by atoms with Crippen LogP contribution in [0, 0.1) is 11.3 Å². The predicted octanol–water partition coefficient (Wildman–Crippen LogP) is 2.16. The molecule has 0 bridgehead atoms. The number of nitrogens with one attached hydrogen (secondary N) is 1. The summed E-state index contributed by atoms with van der Waals surface area (Å²) in [5, 5.41) is 7.49. The maximum atomic E-state index is 12.6. The van der Waals surface area contributed by atoms with Gasteiger partial charge in [-0.15, -0.1) is 12.4 Å². The van der Waals surface area contributed by atoms with Crippen molar-refractivity contribution in [3.05, 3.63) is 54.1 Å². The molecule has 1 amide bonds. The number of amides is 1. The zero-order chi connectivity index (χ0) is 24.8. The van der Waals surface area contributed by atoms with E-state index in [1.54, 1.807) is 11.9 Å². The molecule has 4 rings (SSSR count). The molecule has 2 fully saturated rings. The summed E-state index contributed by atoms with van der Waals surface area (Å²) in [6.45, 7) is 4.26. The molecule has 2 aromatic rings. The molecule has 2 saturated heterocycles. The van der Waals surface area contributed by atoms with Crippen LogP contribution < -0.4 is 10.5 Å². The molecule has 2 aliphatic rings. The van der Waals surface area contributed by atoms with Gasteiger partial charge in [-0.05, 0) is 29.7 Å². The quantitative estimate of drug-likeness (QED) is 0.227. The molecule has 2 heterocycles. The van der Waals surface area contributed by atoms with Gasteiger partial charge in [-0.1, -0.05) is 36.4 Å². The molecule has 9 nitrogen and oxygen atoms in total. The molecule has 2 aliphatic heterocycles. The molecule has 0 radical (unpaired) electrons. The molecule has 2 aromatic carbocycles. The summed E-state index contributed by atoms with van der Waals surface area (Å²) >= 11 is 0. The Bertz CT molecular complexity index is 1040. The van der Waals surface area contributed by atoms with E-state index in [2.05, 4.69) is 4.90 Å². The number of ether oxygens (including phenoxy) is 3. The number of rotatable bonds is 9. The van der Waals surface area contributed by atoms with Crippen molar-refractivity contribution in [1.82, 2.24) is 9.80 Å². The molecule has 0 spiro atoms. The van der Waals surface area contributed by atoms with E-state index in [1.165, 1.54) is 0 Å². The smallest absolute Gasteiger partial charge is 0.318 e. The Hall–Kier alpha value is -3.14. The number of carbonyl (C=O) groups is 2. The molecule has 0 aliphatic carbocycles. The Balaban J connectivity index is 0.00000361. The van der Waals surface area contributed by atoms with E-state index < -0.39 is 11.9 Å². The number of hydrogen-bond acceptors (Lipinski definition) is 7. The second-order valence-electron chi connectivity index (χ2n) is 8.84. The Morgan fingerprint density at radius 3 is 2.31 bits per heavy atom. The first-order chi connectivity index (χ1) is 16.9. The van der Waals surface area contributed by atoms with Gasteiger partial charge in [-0.2, -0.15) is 0 Å². The molecular formula is C26H33ClN4O5. The number of benzene rings is 2. The third-order valence-electron chi connectivity index (χ3n) is 6.57. The van der Waals surface area contributed by atoms with Crippen molar-refractivity contribution in [1.29, 1.82) is 5.41 Å². The Kier molecular flexibility index (Phi) is 9.69. The average molecular weight is 517 g/mol. The van der Waals surface area contributed by atoms with Gasteiger partial charge in [0.1, 0.15) is 30.7 Å². The van der Waals surface area contributed by atoms with Crippen LogP contribution in [0.1, 0.15) is 12.0 Å². The lowest BCUT2D eigenvalue weighted by Gasteiger charge is -2.26. The number of amidine groups is 1. The summed E-state index contributed by atoms with van der Waals surface area (Å²) in [4.78, 5) is 28.9. The van der Waals surface area contributed by atoms with Crippen LogP contribution in [0.5, 0.6) is 5.75 Å². The topological polar surface area (TPSA) is 118 Å². The number of nitrogens with zero attached hydrogens (tertiary/aromatic N) is 2. The van der Waals surface area contributed by atoms with Crippen molar-refractivity contribution in [2.24, 2.45) is 11.7 Å². The van der Waals surface area contributed by atoms with Crippen molar-refractivity contribution >= 4 is 30.1 Å². The van der Waals surface area contributed by atoms with Gasteiger partial charge in [-0.25, -0.2) is 0 Å². The fourth-order valence-electron chi connectivity index (χ4n) is 4.31. The normalized spacial score (nSPS) is 20.0. The minimum Gasteiger partial charge on any atom is -0.491 e. The number of nitrogen functional groups attached to an aromatic ring is 1. The molecule has 194 valence electrons. The second-order valence-corrected chi connectivity index (χ2v) is 8.84. The first kappa shape index (κ1) is 27.4. The summed E-state index contributed by atoms with van der Waals surface area (Å²) in [6, 6.07) is 14.9. The summed E-state index contributed by atoms with van der Waals surface area (Å²) in [5.74, 6) is -0.735. The molecule has 3 N–H and O–H groups in total. The molecule has 2 atom stereocenters. The van der Waals surface area contributed by atoms with E-state index in [9.17, 15) is 9.59 Å². The van der Waals surface area contributed by atoms with E-state index in [0.29, 0.717) is 44.1 Å². The van der Waals surface area contributed by atoms with Crippen LogP contribution in [-0.2, 0) is 19.1 Å². The lowest BCUT2D eigenvalue weighted by molar-refractivity contribution is -0.153. The highest BCUT2D eigenvalue weighted by atomic mass is 35.5. The van der Waals surface area contributed by atoms with Gasteiger partial charge in [0, 0.05) is 32.2 Å². The summed E-state index contributed by atoms with van der Waals surface area (Å²) < 4.78 is 16.7. The fourth-order valence-corrected chi connectivity index (χ4v) is 4.31. The number of morpholine rings is 1. The van der Waals surface area contributed by atoms with Gasteiger partial charge in [0.05, 0.1) is 19.3 Å². The lowest BCUT2D eigenvalue weighted by atomic mass is 10.0. The highest BCUT2D eigenvalue weighted by Gasteiger charge is 2.42. The highest BCUT2D eigenvalue weighted by molar-refractivity contribution is 5.99. The number of likely N-dealkylation sites (N-methyl/N-ethyl adjacent to an activating group) is 1. The van der Waals surface area contributed by atoms with Crippen LogP contribution in [0.2, 0.25) is 0 Å². The first-order valence-corrected chi connectivity index (χ1v) is 11.8. The molecule has 10 heteroatoms. The number of nitrogens with two attached hydrogens (primary N) is 1. The van der Waals surface area contributed by atoms with E-state index in [-0.39, 0.29) is 36.8 Å². The van der Waals surface area contributed by atoms with E-state index in [0.717, 1.165) is 24.2 Å². The maximum Gasteiger partial charge on any atom is 0.318 e. The number of carbonyl (C=O) groups excluding carboxylic acids is 2. The van der Waals surface area contributed by atoms with Crippen molar-refractivity contribution in [3.63, 3.8) is 0 Å². The van der Waals surface area contributed by atoms with Crippen LogP contribution in [0.4, 0.5) is 0 Å². The van der Waals surface area contributed by atoms with Crippen LogP contribution in [0.25, 0.3) is 11.1 Å². The lowest BCUT2D eigenvalue weighted by Crippen LogP contribution is -2.39. The van der Waals surface area contributed by atoms with Gasteiger partial charge in [0.25, 0.3) is 0 Å². The van der Waals surface area contributed by atoms with Gasteiger partial charge < -0.3 is 24.8 Å². The standard InChI is InChI=1S/C26H32N4O5.ClH/c1-29-21(16-23(25(29)31)26(32)34-15-12-30-10-13-33-14-11-30)17-35-22-8-6-19(7-9-22)18-2-4-20(5-3-18)24(27)28;/h2-9,21,23H,10-17H2,1H3,(H3,27,28);1H/t21-,23-;/m0./s1. The van der Waals surface area contributed by atoms with Crippen molar-refractivity contribution in [2.75, 3.05) is 53.1 Å². The highest BCUT2D eigenvalue weighted by Crippen LogP contribution is 2.27. The van der Waals surface area contributed by atoms with Crippen LogP contribution >= 0.6 is 12.4 Å². The molecule has 36 heavy (non-hydrogen) atoms. The predicted molar refractivity (Wildman–Crippen MR) is 139 cm³/mol. The SMILES string of the molecule is CN1C(=O)[C@@H](C(=O)OCCN2CCOCC2)C[C@H]1COc1ccc(-c2ccc(C(=N)N)cc2)cc1.Cl. The zero-order valence-corrected chi connectivity index (χ0v) is 21.2. The van der Waals surface area contributed by atoms with Crippen LogP contribution in [0.15, 0.2) is 48.5 Å². The van der Waals surface area contributed by atoms with E-state index in [1.807, 2.05) is 48.5 Å². The van der Waals surface area contributed by atoms with Crippen molar-refractivity contribution in [2.45, 2.75) is 12.5 Å². The number of likely N-dealkylation sites (tertiary alicyclic amines) is 1. The summed E-state index contributed by atoms with van der Waals surface area (Å²) in [6.07, 6.45) is 0.381. The third kappa shape index (κ3) is 6.75. The van der Waals surface area contributed by atoms with Gasteiger partial charge in [0.2, 0.25) is 5.91 Å². The Morgan fingerprint density at radius 2 is 1.69 bits per heavy atom. The van der Waals surface area contributed by atoms with Crippen LogP contribution in [0.3, 0.4) is 0 Å². The largest absolute Gasteiger partial charge is 0.491 e. The molecule has 0 aromatic heterocycles. The maximum absolute atomic E-state index is 12.6. The number of hydrogen-bond donors (Lipinski definition) is 2. The molecule has 0 saturated carbocycles. The average Bonchev–Trinajstić information content (AvgIpc) is 3.17. The van der Waals surface area contributed by atoms with E-state index in [4.69, 9.17) is 25.4 Å². The van der Waals surface area contributed by atoms with Gasteiger partial charge >= 0.3 is 5.97 Å². The molecular weight excluding hydrogens is 484 g/mol. The first-order valence-electron chi connectivity index (χ1n) is 11.8. The second kappa shape index (κ2) is 12.7. The fraction of sp³-hybridized carbons (Fsp3) is 0.423. The minimum absolute atomic E-state index is 0. The van der Waals surface area contributed by atoms with Crippen molar-refractivity contribution in [3.8, 4) is 16.9 Å². The van der Waals surface area contributed by atoms with Gasteiger partial charge in [0.15, 0.2) is 0 Å². The third-order valence-corrected chi connectivity index (χ3v) is 6.57. The van der Waals surface area contributed by atoms with Gasteiger partial charge in [-0.3, -0.25) is 19.9 Å². The number of esters is 1.